The molecule has 4 N–H and O–H groups in total. The lowest BCUT2D eigenvalue weighted by atomic mass is 10.0. The van der Waals surface area contributed by atoms with Crippen LogP contribution in [0.25, 0.3) is 0 Å². The van der Waals surface area contributed by atoms with Gasteiger partial charge in [-0.15, -0.1) is 0 Å². The van der Waals surface area contributed by atoms with E-state index >= 15 is 0 Å². The Morgan fingerprint density at radius 3 is 2.43 bits per heavy atom. The molecule has 0 aliphatic carbocycles. The third-order valence-corrected chi connectivity index (χ3v) is 7.08. The summed E-state index contributed by atoms with van der Waals surface area (Å²) in [5, 5.41) is 6.14. The minimum atomic E-state index is -0.753. The van der Waals surface area contributed by atoms with Crippen LogP contribution >= 0.6 is 0 Å². The number of hydrogen-bond acceptors (Lipinski definition) is 7. The summed E-state index contributed by atoms with van der Waals surface area (Å²) in [6, 6.07) is 4.83. The largest absolute Gasteiger partial charge is 0.399 e. The van der Waals surface area contributed by atoms with Gasteiger partial charge in [-0.2, -0.15) is 0 Å². The molecule has 0 aromatic heterocycles. The first kappa shape index (κ1) is 25.1. The summed E-state index contributed by atoms with van der Waals surface area (Å²) in [6.07, 6.45) is 1.02. The van der Waals surface area contributed by atoms with Crippen molar-refractivity contribution < 1.29 is 19.2 Å². The third-order valence-electron chi connectivity index (χ3n) is 7.08. The lowest BCUT2D eigenvalue weighted by Crippen LogP contribution is -2.53. The average molecular weight is 485 g/mol. The number of fused-ring (bicyclic) bond motifs is 1. The first-order chi connectivity index (χ1) is 16.7. The van der Waals surface area contributed by atoms with Crippen molar-refractivity contribution in [3.63, 3.8) is 0 Å². The van der Waals surface area contributed by atoms with Gasteiger partial charge >= 0.3 is 0 Å². The second-order valence-corrected chi connectivity index (χ2v) is 10.1. The number of hydrogen-bond donors (Lipinski definition) is 3. The van der Waals surface area contributed by atoms with Crippen molar-refractivity contribution in [2.45, 2.75) is 44.8 Å². The maximum atomic E-state index is 13.6. The zero-order chi connectivity index (χ0) is 25.1. The number of benzene rings is 1. The standard InChI is InChI=1S/C25H36N6O4/c1-16(2)13-19(28-24(34)17-3-5-18(26)6-4-17)25(35)30-10-7-20-23(30)21(32)14-31(20)22(33)15-29-11-8-27-9-12-29/h3-6,16,19-20,23,27H,7-15,26H2,1-2H3,(H,28,34). The molecule has 3 aliphatic heterocycles. The smallest absolute Gasteiger partial charge is 0.251 e. The van der Waals surface area contributed by atoms with Crippen molar-refractivity contribution in [3.05, 3.63) is 29.8 Å². The van der Waals surface area contributed by atoms with Gasteiger partial charge in [0.05, 0.1) is 19.1 Å². The van der Waals surface area contributed by atoms with Gasteiger partial charge in [0.1, 0.15) is 12.1 Å². The minimum absolute atomic E-state index is 0.0384. The number of nitrogens with two attached hydrogens (primary N) is 1. The van der Waals surface area contributed by atoms with E-state index in [0.29, 0.717) is 37.2 Å². The molecule has 3 heterocycles. The average Bonchev–Trinajstić information content (AvgIpc) is 3.40. The third kappa shape index (κ3) is 5.65. The number of nitrogens with one attached hydrogen (secondary N) is 2. The molecular weight excluding hydrogens is 448 g/mol. The van der Waals surface area contributed by atoms with Crippen LogP contribution in [0.1, 0.15) is 37.0 Å². The fourth-order valence-corrected chi connectivity index (χ4v) is 5.31. The summed E-state index contributed by atoms with van der Waals surface area (Å²) in [5.41, 5.74) is 6.68. The van der Waals surface area contributed by atoms with Crippen LogP contribution in [0.2, 0.25) is 0 Å². The molecule has 35 heavy (non-hydrogen) atoms. The molecule has 190 valence electrons. The van der Waals surface area contributed by atoms with Crippen molar-refractivity contribution in [2.24, 2.45) is 5.92 Å². The van der Waals surface area contributed by atoms with Gasteiger partial charge in [-0.1, -0.05) is 13.8 Å². The van der Waals surface area contributed by atoms with E-state index in [4.69, 9.17) is 5.73 Å². The van der Waals surface area contributed by atoms with Gasteiger partial charge in [-0.05, 0) is 43.0 Å². The van der Waals surface area contributed by atoms with Gasteiger partial charge in [-0.25, -0.2) is 0 Å². The maximum Gasteiger partial charge on any atom is 0.251 e. The van der Waals surface area contributed by atoms with E-state index in [9.17, 15) is 19.2 Å². The van der Waals surface area contributed by atoms with E-state index in [1.165, 1.54) is 0 Å². The Morgan fingerprint density at radius 2 is 1.77 bits per heavy atom. The first-order valence-electron chi connectivity index (χ1n) is 12.5. The van der Waals surface area contributed by atoms with Crippen molar-refractivity contribution in [3.8, 4) is 0 Å². The van der Waals surface area contributed by atoms with Crippen LogP contribution in [-0.2, 0) is 14.4 Å². The number of amides is 3. The van der Waals surface area contributed by atoms with Gasteiger partial charge in [-0.3, -0.25) is 24.1 Å². The second-order valence-electron chi connectivity index (χ2n) is 10.1. The number of likely N-dealkylation sites (tertiary alicyclic amines) is 2. The lowest BCUT2D eigenvalue weighted by Gasteiger charge is -2.30. The van der Waals surface area contributed by atoms with E-state index in [1.807, 2.05) is 13.8 Å². The zero-order valence-corrected chi connectivity index (χ0v) is 20.5. The van der Waals surface area contributed by atoms with E-state index in [-0.39, 0.29) is 42.0 Å². The molecule has 10 heteroatoms. The van der Waals surface area contributed by atoms with E-state index in [1.54, 1.807) is 34.1 Å². The molecular formula is C25H36N6O4. The molecule has 1 aromatic carbocycles. The highest BCUT2D eigenvalue weighted by Gasteiger charge is 2.52. The molecule has 3 saturated heterocycles. The highest BCUT2D eigenvalue weighted by molar-refractivity contribution is 6.01. The van der Waals surface area contributed by atoms with Crippen LogP contribution in [-0.4, -0.2) is 102 Å². The minimum Gasteiger partial charge on any atom is -0.399 e. The van der Waals surface area contributed by atoms with Crippen molar-refractivity contribution in [1.82, 2.24) is 25.3 Å². The Balaban J connectivity index is 1.44. The number of Topliss-reactive ketones (excluding diaryl/α,β-unsaturated/α-hetero) is 1. The summed E-state index contributed by atoms with van der Waals surface area (Å²) >= 11 is 0. The number of nitrogen functional groups attached to an aromatic ring is 1. The number of nitrogens with zero attached hydrogens (tertiary/aromatic N) is 3. The number of rotatable bonds is 7. The molecule has 3 aliphatic rings. The summed E-state index contributed by atoms with van der Waals surface area (Å²) in [5.74, 6) is -0.629. The Hall–Kier alpha value is -2.98. The molecule has 0 spiro atoms. The molecule has 3 amide bonds. The number of carbonyl (C=O) groups excluding carboxylic acids is 4. The van der Waals surface area contributed by atoms with Crippen LogP contribution in [0.5, 0.6) is 0 Å². The SMILES string of the molecule is CC(C)CC(NC(=O)c1ccc(N)cc1)C(=O)N1CCC2C1C(=O)CN2C(=O)CN1CCNCC1. The number of carbonyl (C=O) groups is 4. The summed E-state index contributed by atoms with van der Waals surface area (Å²) < 4.78 is 0. The van der Waals surface area contributed by atoms with Gasteiger partial charge in [0.2, 0.25) is 11.8 Å². The van der Waals surface area contributed by atoms with Gasteiger partial charge in [0, 0.05) is 44.0 Å². The molecule has 3 atom stereocenters. The maximum absolute atomic E-state index is 13.6. The van der Waals surface area contributed by atoms with Crippen LogP contribution < -0.4 is 16.4 Å². The lowest BCUT2D eigenvalue weighted by molar-refractivity contribution is -0.138. The molecule has 10 nitrogen and oxygen atoms in total. The molecule has 4 rings (SSSR count). The molecule has 0 radical (unpaired) electrons. The topological polar surface area (TPSA) is 128 Å². The fraction of sp³-hybridized carbons (Fsp3) is 0.600. The van der Waals surface area contributed by atoms with Crippen molar-refractivity contribution >= 4 is 29.2 Å². The number of piperazine rings is 1. The molecule has 3 fully saturated rings. The Morgan fingerprint density at radius 1 is 1.09 bits per heavy atom. The molecule has 0 saturated carbocycles. The Kier molecular flexibility index (Phi) is 7.71. The normalized spacial score (nSPS) is 23.5. The van der Waals surface area contributed by atoms with Gasteiger partial charge in [0.25, 0.3) is 5.91 Å². The monoisotopic (exact) mass is 484 g/mol. The van der Waals surface area contributed by atoms with Crippen molar-refractivity contribution in [2.75, 3.05) is 51.5 Å². The predicted molar refractivity (Wildman–Crippen MR) is 131 cm³/mol. The molecule has 3 unspecified atom stereocenters. The Labute approximate surface area is 206 Å². The van der Waals surface area contributed by atoms with Gasteiger partial charge in [0.15, 0.2) is 5.78 Å². The second kappa shape index (κ2) is 10.7. The summed E-state index contributed by atoms with van der Waals surface area (Å²) in [7, 11) is 0. The van der Waals surface area contributed by atoms with Gasteiger partial charge < -0.3 is 26.2 Å². The molecule has 1 aromatic rings. The summed E-state index contributed by atoms with van der Waals surface area (Å²) in [4.78, 5) is 57.8. The summed E-state index contributed by atoms with van der Waals surface area (Å²) in [6.45, 7) is 7.99. The first-order valence-corrected chi connectivity index (χ1v) is 12.5. The van der Waals surface area contributed by atoms with E-state index in [2.05, 4.69) is 15.5 Å². The highest BCUT2D eigenvalue weighted by Crippen LogP contribution is 2.31. The van der Waals surface area contributed by atoms with E-state index in [0.717, 1.165) is 26.2 Å². The molecule has 0 bridgehead atoms. The van der Waals surface area contributed by atoms with Crippen LogP contribution in [0.3, 0.4) is 0 Å². The Bertz CT molecular complexity index is 959. The van der Waals surface area contributed by atoms with Crippen LogP contribution in [0.15, 0.2) is 24.3 Å². The number of ketones is 1. The highest BCUT2D eigenvalue weighted by atomic mass is 16.2. The van der Waals surface area contributed by atoms with Crippen LogP contribution in [0.4, 0.5) is 5.69 Å². The number of anilines is 1. The predicted octanol–water partition coefficient (Wildman–Crippen LogP) is -0.301. The van der Waals surface area contributed by atoms with E-state index < -0.39 is 12.1 Å². The van der Waals surface area contributed by atoms with Crippen molar-refractivity contribution in [1.29, 1.82) is 0 Å². The fourth-order valence-electron chi connectivity index (χ4n) is 5.31. The zero-order valence-electron chi connectivity index (χ0n) is 20.5. The van der Waals surface area contributed by atoms with Crippen LogP contribution in [0, 0.1) is 5.92 Å². The quantitative estimate of drug-likeness (QED) is 0.453.